The highest BCUT2D eigenvalue weighted by Crippen LogP contribution is 2.14. The molecule has 2 aromatic heterocycles. The number of nitrogens with one attached hydrogen (secondary N) is 2. The summed E-state index contributed by atoms with van der Waals surface area (Å²) in [6.07, 6.45) is 1.43. The van der Waals surface area contributed by atoms with Crippen LogP contribution in [0, 0.1) is 0 Å². The van der Waals surface area contributed by atoms with E-state index in [0.717, 1.165) is 0 Å². The summed E-state index contributed by atoms with van der Waals surface area (Å²) in [6, 6.07) is 0. The van der Waals surface area contributed by atoms with Crippen LogP contribution in [0.2, 0.25) is 0 Å². The molecule has 0 unspecified atom stereocenters. The van der Waals surface area contributed by atoms with E-state index in [1.807, 2.05) is 0 Å². The van der Waals surface area contributed by atoms with E-state index >= 15 is 0 Å². The molecule has 0 radical (unpaired) electrons. The number of carbonyl (C=O) groups excluding carboxylic acids is 1. The number of aromatic amines is 2. The first-order valence-electron chi connectivity index (χ1n) is 6.16. The highest BCUT2D eigenvalue weighted by molar-refractivity contribution is 7.99. The zero-order valence-electron chi connectivity index (χ0n) is 10.6. The number of carbonyl (C=O) groups is 1. The van der Waals surface area contributed by atoms with Gasteiger partial charge in [-0.1, -0.05) is 11.8 Å². The van der Waals surface area contributed by atoms with Crippen LogP contribution < -0.4 is 5.56 Å². The molecule has 1 fully saturated rings. The van der Waals surface area contributed by atoms with Gasteiger partial charge in [0.25, 0.3) is 5.56 Å². The van der Waals surface area contributed by atoms with E-state index < -0.39 is 0 Å². The van der Waals surface area contributed by atoms with Crippen molar-refractivity contribution in [3.8, 4) is 0 Å². The summed E-state index contributed by atoms with van der Waals surface area (Å²) in [5.74, 6) is 0.258. The van der Waals surface area contributed by atoms with Crippen LogP contribution in [-0.4, -0.2) is 63.0 Å². The maximum absolute atomic E-state index is 12.0. The number of amides is 1. The molecule has 3 rings (SSSR count). The first-order valence-corrected chi connectivity index (χ1v) is 7.14. The molecule has 0 aliphatic carbocycles. The molecule has 0 saturated carbocycles. The minimum Gasteiger partial charge on any atom is -0.378 e. The molecule has 3 heterocycles. The lowest BCUT2D eigenvalue weighted by molar-refractivity contribution is -0.132. The maximum Gasteiger partial charge on any atom is 0.262 e. The number of nitrogens with zero attached hydrogens (tertiary/aromatic N) is 3. The molecule has 0 spiro atoms. The molecule has 1 amide bonds. The molecular formula is C11H13N5O3S. The van der Waals surface area contributed by atoms with E-state index in [4.69, 9.17) is 4.74 Å². The van der Waals surface area contributed by atoms with Crippen LogP contribution >= 0.6 is 11.8 Å². The second kappa shape index (κ2) is 5.63. The molecule has 1 saturated heterocycles. The zero-order valence-corrected chi connectivity index (χ0v) is 11.4. The van der Waals surface area contributed by atoms with Gasteiger partial charge in [-0.3, -0.25) is 14.7 Å². The number of rotatable bonds is 3. The van der Waals surface area contributed by atoms with Gasteiger partial charge in [0.15, 0.2) is 10.8 Å². The Morgan fingerprint density at radius 1 is 1.45 bits per heavy atom. The van der Waals surface area contributed by atoms with Crippen molar-refractivity contribution in [1.82, 2.24) is 25.1 Å². The van der Waals surface area contributed by atoms with Gasteiger partial charge < -0.3 is 14.6 Å². The van der Waals surface area contributed by atoms with E-state index in [0.29, 0.717) is 42.5 Å². The van der Waals surface area contributed by atoms with Crippen LogP contribution in [0.25, 0.3) is 11.0 Å². The Morgan fingerprint density at radius 2 is 2.25 bits per heavy atom. The monoisotopic (exact) mass is 295 g/mol. The van der Waals surface area contributed by atoms with Crippen LogP contribution in [0.5, 0.6) is 0 Å². The summed E-state index contributed by atoms with van der Waals surface area (Å²) in [7, 11) is 0. The van der Waals surface area contributed by atoms with Gasteiger partial charge in [0.2, 0.25) is 5.91 Å². The number of hydrogen-bond acceptors (Lipinski definition) is 6. The van der Waals surface area contributed by atoms with Gasteiger partial charge in [0.1, 0.15) is 5.39 Å². The maximum atomic E-state index is 12.0. The van der Waals surface area contributed by atoms with Crippen molar-refractivity contribution >= 4 is 28.7 Å². The van der Waals surface area contributed by atoms with Gasteiger partial charge >= 0.3 is 0 Å². The minimum absolute atomic E-state index is 0.0191. The standard InChI is InChI=1S/C11H13N5O3S/c17-8(16-1-3-19-4-2-16)6-20-11-13-9-7(5-12-15-9)10(18)14-11/h5H,1-4,6H2,(H2,12,13,14,15,18). The Morgan fingerprint density at radius 3 is 3.05 bits per heavy atom. The van der Waals surface area contributed by atoms with E-state index in [1.165, 1.54) is 18.0 Å². The molecule has 20 heavy (non-hydrogen) atoms. The fourth-order valence-electron chi connectivity index (χ4n) is 1.93. The van der Waals surface area contributed by atoms with Gasteiger partial charge in [-0.05, 0) is 0 Å². The molecule has 2 aromatic rings. The van der Waals surface area contributed by atoms with Crippen molar-refractivity contribution in [3.63, 3.8) is 0 Å². The SMILES string of the molecule is O=C(CSc1nc2[nH]ncc2c(=O)[nH]1)N1CCOCC1. The molecule has 9 heteroatoms. The number of thioether (sulfide) groups is 1. The lowest BCUT2D eigenvalue weighted by atomic mass is 10.4. The molecular weight excluding hydrogens is 282 g/mol. The zero-order chi connectivity index (χ0) is 13.9. The average Bonchev–Trinajstić information content (AvgIpc) is 2.94. The minimum atomic E-state index is -0.259. The third-order valence-electron chi connectivity index (χ3n) is 2.99. The van der Waals surface area contributed by atoms with Crippen molar-refractivity contribution in [2.75, 3.05) is 32.1 Å². The first-order chi connectivity index (χ1) is 9.74. The van der Waals surface area contributed by atoms with Gasteiger partial charge in [0, 0.05) is 13.1 Å². The predicted octanol–water partition coefficient (Wildman–Crippen LogP) is -0.403. The number of aromatic nitrogens is 4. The van der Waals surface area contributed by atoms with Gasteiger partial charge in [-0.2, -0.15) is 5.10 Å². The molecule has 2 N–H and O–H groups in total. The Balaban J connectivity index is 1.67. The summed E-state index contributed by atoms with van der Waals surface area (Å²) in [5.41, 5.74) is 0.167. The Bertz CT molecular complexity index is 676. The second-order valence-electron chi connectivity index (χ2n) is 4.29. The van der Waals surface area contributed by atoms with Crippen molar-refractivity contribution in [1.29, 1.82) is 0 Å². The number of ether oxygens (including phenoxy) is 1. The fourth-order valence-corrected chi connectivity index (χ4v) is 2.69. The van der Waals surface area contributed by atoms with Crippen molar-refractivity contribution in [2.45, 2.75) is 5.16 Å². The molecule has 106 valence electrons. The lowest BCUT2D eigenvalue weighted by Gasteiger charge is -2.26. The summed E-state index contributed by atoms with van der Waals surface area (Å²) < 4.78 is 5.20. The highest BCUT2D eigenvalue weighted by atomic mass is 32.2. The third kappa shape index (κ3) is 2.68. The molecule has 0 aromatic carbocycles. The number of fused-ring (bicyclic) bond motifs is 1. The summed E-state index contributed by atoms with van der Waals surface area (Å²) in [5, 5.41) is 7.23. The number of morpholine rings is 1. The summed E-state index contributed by atoms with van der Waals surface area (Å²) in [6.45, 7) is 2.38. The fraction of sp³-hybridized carbons (Fsp3) is 0.455. The topological polar surface area (TPSA) is 104 Å². The quantitative estimate of drug-likeness (QED) is 0.589. The molecule has 0 atom stereocenters. The van der Waals surface area contributed by atoms with Crippen molar-refractivity contribution in [3.05, 3.63) is 16.6 Å². The van der Waals surface area contributed by atoms with E-state index in [1.54, 1.807) is 4.90 Å². The van der Waals surface area contributed by atoms with Crippen LogP contribution in [0.3, 0.4) is 0 Å². The largest absolute Gasteiger partial charge is 0.378 e. The van der Waals surface area contributed by atoms with Crippen LogP contribution in [0.4, 0.5) is 0 Å². The Hall–Kier alpha value is -1.87. The van der Waals surface area contributed by atoms with E-state index in [9.17, 15) is 9.59 Å². The van der Waals surface area contributed by atoms with Crippen molar-refractivity contribution in [2.24, 2.45) is 0 Å². The smallest absolute Gasteiger partial charge is 0.262 e. The van der Waals surface area contributed by atoms with E-state index in [2.05, 4.69) is 20.2 Å². The third-order valence-corrected chi connectivity index (χ3v) is 3.85. The Kier molecular flexibility index (Phi) is 3.70. The lowest BCUT2D eigenvalue weighted by Crippen LogP contribution is -2.41. The molecule has 1 aliphatic rings. The number of hydrogen-bond donors (Lipinski definition) is 2. The average molecular weight is 295 g/mol. The molecule has 8 nitrogen and oxygen atoms in total. The van der Waals surface area contributed by atoms with Gasteiger partial charge in [0.05, 0.1) is 25.2 Å². The van der Waals surface area contributed by atoms with E-state index in [-0.39, 0.29) is 17.2 Å². The second-order valence-corrected chi connectivity index (χ2v) is 5.25. The summed E-state index contributed by atoms with van der Waals surface area (Å²) >= 11 is 1.21. The highest BCUT2D eigenvalue weighted by Gasteiger charge is 2.17. The van der Waals surface area contributed by atoms with Gasteiger partial charge in [-0.15, -0.1) is 0 Å². The van der Waals surface area contributed by atoms with Gasteiger partial charge in [-0.25, -0.2) is 4.98 Å². The molecule has 0 bridgehead atoms. The first kappa shape index (κ1) is 13.1. The Labute approximate surface area is 117 Å². The predicted molar refractivity (Wildman–Crippen MR) is 72.6 cm³/mol. The molecule has 1 aliphatic heterocycles. The van der Waals surface area contributed by atoms with Crippen LogP contribution in [0.15, 0.2) is 16.1 Å². The number of H-pyrrole nitrogens is 2. The normalized spacial score (nSPS) is 15.7. The summed E-state index contributed by atoms with van der Waals surface area (Å²) in [4.78, 5) is 32.3. The van der Waals surface area contributed by atoms with Crippen LogP contribution in [0.1, 0.15) is 0 Å². The van der Waals surface area contributed by atoms with Crippen LogP contribution in [-0.2, 0) is 9.53 Å². The van der Waals surface area contributed by atoms with Crippen molar-refractivity contribution < 1.29 is 9.53 Å².